The van der Waals surface area contributed by atoms with Crippen molar-refractivity contribution in [2.24, 2.45) is 0 Å². The first kappa shape index (κ1) is 10.2. The Morgan fingerprint density at radius 3 is 2.73 bits per heavy atom. The zero-order valence-corrected chi connectivity index (χ0v) is 9.38. The van der Waals surface area contributed by atoms with Gasteiger partial charge in [0.1, 0.15) is 5.82 Å². The fourth-order valence-corrected chi connectivity index (χ4v) is 2.00. The molecule has 0 N–H and O–H groups in total. The Balaban J connectivity index is 2.54. The number of nitrogens with zero attached hydrogens (tertiary/aromatic N) is 2. The summed E-state index contributed by atoms with van der Waals surface area (Å²) in [7, 11) is 0. The predicted molar refractivity (Wildman–Crippen MR) is 59.4 cm³/mol. The molecule has 0 spiro atoms. The van der Waals surface area contributed by atoms with Crippen molar-refractivity contribution in [2.45, 2.75) is 19.8 Å². The predicted octanol–water partition coefficient (Wildman–Crippen LogP) is 3.47. The molecule has 2 aromatic rings. The first-order valence-corrected chi connectivity index (χ1v) is 5.53. The van der Waals surface area contributed by atoms with Crippen molar-refractivity contribution in [1.29, 1.82) is 0 Å². The van der Waals surface area contributed by atoms with Crippen LogP contribution in [-0.4, -0.2) is 9.59 Å². The molecule has 0 unspecified atom stereocenters. The molecule has 0 aliphatic carbocycles. The van der Waals surface area contributed by atoms with Crippen LogP contribution in [0.3, 0.4) is 0 Å². The summed E-state index contributed by atoms with van der Waals surface area (Å²) in [5, 5.41) is 3.72. The van der Waals surface area contributed by atoms with Gasteiger partial charge in [0.15, 0.2) is 0 Å². The minimum Gasteiger partial charge on any atom is -0.206 e. The zero-order valence-electron chi connectivity index (χ0n) is 8.57. The van der Waals surface area contributed by atoms with Crippen LogP contribution in [0.1, 0.15) is 25.3 Å². The molecule has 0 amide bonds. The molecule has 4 heteroatoms. The second-order valence-corrected chi connectivity index (χ2v) is 4.43. The molecule has 78 valence electrons. The lowest BCUT2D eigenvalue weighted by Gasteiger charge is -2.09. The Bertz CT molecular complexity index is 452. The van der Waals surface area contributed by atoms with Crippen LogP contribution in [0.4, 0.5) is 4.39 Å². The molecular weight excluding hydrogens is 211 g/mol. The number of benzene rings is 1. The van der Waals surface area contributed by atoms with Crippen LogP contribution in [0.2, 0.25) is 0 Å². The van der Waals surface area contributed by atoms with Crippen LogP contribution in [-0.2, 0) is 0 Å². The summed E-state index contributed by atoms with van der Waals surface area (Å²) in [6, 6.07) is 5.45. The highest BCUT2D eigenvalue weighted by Gasteiger charge is 2.13. The van der Waals surface area contributed by atoms with E-state index in [9.17, 15) is 4.39 Å². The van der Waals surface area contributed by atoms with E-state index < -0.39 is 0 Å². The van der Waals surface area contributed by atoms with E-state index >= 15 is 0 Å². The average molecular weight is 222 g/mol. The quantitative estimate of drug-likeness (QED) is 0.777. The number of rotatable bonds is 2. The van der Waals surface area contributed by atoms with Crippen LogP contribution in [0.5, 0.6) is 0 Å². The molecule has 0 radical (unpaired) electrons. The van der Waals surface area contributed by atoms with Crippen LogP contribution >= 0.6 is 11.5 Å². The SMILES string of the molecule is CC(C)c1cccc(-c2cnns2)c1F. The van der Waals surface area contributed by atoms with Gasteiger partial charge in [-0.2, -0.15) is 0 Å². The Hall–Kier alpha value is -1.29. The first-order chi connectivity index (χ1) is 7.20. The van der Waals surface area contributed by atoms with E-state index in [0.717, 1.165) is 10.4 Å². The third-order valence-electron chi connectivity index (χ3n) is 2.28. The van der Waals surface area contributed by atoms with Crippen LogP contribution < -0.4 is 0 Å². The number of hydrogen-bond donors (Lipinski definition) is 0. The van der Waals surface area contributed by atoms with Gasteiger partial charge < -0.3 is 0 Å². The van der Waals surface area contributed by atoms with Gasteiger partial charge in [-0.25, -0.2) is 4.39 Å². The van der Waals surface area contributed by atoms with Crippen LogP contribution in [0.15, 0.2) is 24.4 Å². The van der Waals surface area contributed by atoms with Gasteiger partial charge in [0.05, 0.1) is 11.1 Å². The lowest BCUT2D eigenvalue weighted by atomic mass is 9.99. The summed E-state index contributed by atoms with van der Waals surface area (Å²) >= 11 is 1.21. The molecule has 1 aromatic carbocycles. The third-order valence-corrected chi connectivity index (χ3v) is 2.98. The van der Waals surface area contributed by atoms with E-state index in [1.165, 1.54) is 11.5 Å². The van der Waals surface area contributed by atoms with Gasteiger partial charge in [-0.15, -0.1) is 5.10 Å². The third kappa shape index (κ3) is 1.90. The van der Waals surface area contributed by atoms with E-state index in [4.69, 9.17) is 0 Å². The molecule has 15 heavy (non-hydrogen) atoms. The highest BCUT2D eigenvalue weighted by atomic mass is 32.1. The van der Waals surface area contributed by atoms with Crippen LogP contribution in [0.25, 0.3) is 10.4 Å². The molecular formula is C11H11FN2S. The molecule has 0 aliphatic rings. The summed E-state index contributed by atoms with van der Waals surface area (Å²) in [4.78, 5) is 0.773. The molecule has 2 nitrogen and oxygen atoms in total. The van der Waals surface area contributed by atoms with Crippen molar-refractivity contribution in [3.63, 3.8) is 0 Å². The van der Waals surface area contributed by atoms with Gasteiger partial charge in [-0.05, 0) is 23.0 Å². The average Bonchev–Trinajstić information content (AvgIpc) is 2.70. The van der Waals surface area contributed by atoms with E-state index in [1.807, 2.05) is 26.0 Å². The molecule has 0 saturated carbocycles. The molecule has 0 atom stereocenters. The fraction of sp³-hybridized carbons (Fsp3) is 0.273. The van der Waals surface area contributed by atoms with Crippen molar-refractivity contribution in [1.82, 2.24) is 9.59 Å². The van der Waals surface area contributed by atoms with Gasteiger partial charge in [-0.1, -0.05) is 36.5 Å². The Kier molecular flexibility index (Phi) is 2.77. The maximum atomic E-state index is 14.0. The second-order valence-electron chi connectivity index (χ2n) is 3.65. The molecule has 0 aliphatic heterocycles. The molecule has 1 heterocycles. The van der Waals surface area contributed by atoms with E-state index in [1.54, 1.807) is 12.3 Å². The van der Waals surface area contributed by atoms with Gasteiger partial charge in [-0.3, -0.25) is 0 Å². The largest absolute Gasteiger partial charge is 0.206 e. The number of aromatic nitrogens is 2. The number of halogens is 1. The zero-order chi connectivity index (χ0) is 10.8. The standard InChI is InChI=1S/C11H11FN2S/c1-7(2)8-4-3-5-9(11(8)12)10-6-13-14-15-10/h3-7H,1-2H3. The van der Waals surface area contributed by atoms with Crippen LogP contribution in [0, 0.1) is 5.82 Å². The smallest absolute Gasteiger partial charge is 0.135 e. The van der Waals surface area contributed by atoms with E-state index in [0.29, 0.717) is 5.56 Å². The van der Waals surface area contributed by atoms with Gasteiger partial charge in [0, 0.05) is 5.56 Å². The lowest BCUT2D eigenvalue weighted by molar-refractivity contribution is 0.602. The monoisotopic (exact) mass is 222 g/mol. The minimum atomic E-state index is -0.154. The Morgan fingerprint density at radius 2 is 2.13 bits per heavy atom. The van der Waals surface area contributed by atoms with Crippen molar-refractivity contribution in [3.8, 4) is 10.4 Å². The molecule has 2 rings (SSSR count). The Morgan fingerprint density at radius 1 is 1.33 bits per heavy atom. The highest BCUT2D eigenvalue weighted by Crippen LogP contribution is 2.29. The summed E-state index contributed by atoms with van der Waals surface area (Å²) in [5.74, 6) is 0.0318. The summed E-state index contributed by atoms with van der Waals surface area (Å²) in [6.07, 6.45) is 1.59. The van der Waals surface area contributed by atoms with Gasteiger partial charge in [0.25, 0.3) is 0 Å². The van der Waals surface area contributed by atoms with Crippen molar-refractivity contribution in [2.75, 3.05) is 0 Å². The first-order valence-electron chi connectivity index (χ1n) is 4.76. The second kappa shape index (κ2) is 4.06. The fourth-order valence-electron chi connectivity index (χ4n) is 1.47. The summed E-state index contributed by atoms with van der Waals surface area (Å²) in [6.45, 7) is 3.96. The molecule has 0 bridgehead atoms. The minimum absolute atomic E-state index is 0.154. The van der Waals surface area contributed by atoms with Gasteiger partial charge >= 0.3 is 0 Å². The molecule has 1 aromatic heterocycles. The van der Waals surface area contributed by atoms with Crippen molar-refractivity contribution in [3.05, 3.63) is 35.8 Å². The van der Waals surface area contributed by atoms with Crippen molar-refractivity contribution < 1.29 is 4.39 Å². The van der Waals surface area contributed by atoms with Crippen molar-refractivity contribution >= 4 is 11.5 Å². The maximum absolute atomic E-state index is 14.0. The Labute approximate surface area is 91.9 Å². The van der Waals surface area contributed by atoms with E-state index in [-0.39, 0.29) is 11.7 Å². The maximum Gasteiger partial charge on any atom is 0.135 e. The molecule has 0 saturated heterocycles. The summed E-state index contributed by atoms with van der Waals surface area (Å²) in [5.41, 5.74) is 1.33. The van der Waals surface area contributed by atoms with E-state index in [2.05, 4.69) is 9.59 Å². The topological polar surface area (TPSA) is 25.8 Å². The number of hydrogen-bond acceptors (Lipinski definition) is 3. The lowest BCUT2D eigenvalue weighted by Crippen LogP contribution is -1.94. The normalized spacial score (nSPS) is 10.9. The van der Waals surface area contributed by atoms with Gasteiger partial charge in [0.2, 0.25) is 0 Å². The summed E-state index contributed by atoms with van der Waals surface area (Å²) < 4.78 is 17.8. The highest BCUT2D eigenvalue weighted by molar-refractivity contribution is 7.09. The molecule has 0 fully saturated rings.